The molecule has 23 heavy (non-hydrogen) atoms. The summed E-state index contributed by atoms with van der Waals surface area (Å²) in [5.41, 5.74) is 1.21. The summed E-state index contributed by atoms with van der Waals surface area (Å²) in [6, 6.07) is 6.41. The fraction of sp³-hybridized carbons (Fsp3) is 0.500. The minimum Gasteiger partial charge on any atom is -0.497 e. The lowest BCUT2D eigenvalue weighted by atomic mass is 10.0. The van der Waals surface area contributed by atoms with E-state index in [0.717, 1.165) is 40.1 Å². The Bertz CT molecular complexity index is 741. The number of nitrogens with one attached hydrogen (secondary N) is 1. The third-order valence-electron chi connectivity index (χ3n) is 4.36. The van der Waals surface area contributed by atoms with Crippen molar-refractivity contribution >= 4 is 23.6 Å². The number of rotatable bonds is 5. The lowest BCUT2D eigenvalue weighted by molar-refractivity contribution is -0.941. The normalized spacial score (nSPS) is 20.7. The molecule has 1 unspecified atom stereocenters. The molecule has 1 saturated heterocycles. The van der Waals surface area contributed by atoms with Crippen LogP contribution in [-0.2, 0) is 6.67 Å². The van der Waals surface area contributed by atoms with Crippen molar-refractivity contribution in [1.29, 1.82) is 0 Å². The summed E-state index contributed by atoms with van der Waals surface area (Å²) in [6.45, 7) is 3.91. The van der Waals surface area contributed by atoms with E-state index in [4.69, 9.17) is 21.7 Å². The summed E-state index contributed by atoms with van der Waals surface area (Å²) in [6.07, 6.45) is 2.33. The van der Waals surface area contributed by atoms with Gasteiger partial charge in [-0.25, -0.2) is 0 Å². The van der Waals surface area contributed by atoms with Gasteiger partial charge in [-0.15, -0.1) is 0 Å². The Morgan fingerprint density at radius 3 is 2.87 bits per heavy atom. The number of ether oxygens (including phenoxy) is 2. The summed E-state index contributed by atoms with van der Waals surface area (Å²) in [4.78, 5) is 1.47. The average Bonchev–Trinajstić information content (AvgIpc) is 3.13. The van der Waals surface area contributed by atoms with E-state index in [-0.39, 0.29) is 0 Å². The Labute approximate surface area is 145 Å². The van der Waals surface area contributed by atoms with Gasteiger partial charge in [-0.2, -0.15) is 9.78 Å². The van der Waals surface area contributed by atoms with Crippen LogP contribution in [0.15, 0.2) is 18.2 Å². The first-order valence-corrected chi connectivity index (χ1v) is 8.96. The smallest absolute Gasteiger partial charge is 0.184 e. The van der Waals surface area contributed by atoms with Crippen molar-refractivity contribution < 1.29 is 14.4 Å². The molecule has 5 nitrogen and oxygen atoms in total. The second-order valence-electron chi connectivity index (χ2n) is 5.76. The van der Waals surface area contributed by atoms with Crippen molar-refractivity contribution in [2.24, 2.45) is 0 Å². The number of benzene rings is 1. The van der Waals surface area contributed by atoms with E-state index < -0.39 is 0 Å². The van der Waals surface area contributed by atoms with Gasteiger partial charge in [-0.05, 0) is 37.3 Å². The third-order valence-corrected chi connectivity index (χ3v) is 5.58. The van der Waals surface area contributed by atoms with Crippen molar-refractivity contribution in [3.8, 4) is 11.5 Å². The highest BCUT2D eigenvalue weighted by atomic mass is 32.1. The maximum absolute atomic E-state index is 5.57. The fourth-order valence-corrected chi connectivity index (χ4v) is 4.36. The number of aryl methyl sites for hydroxylation is 1. The molecule has 1 aromatic carbocycles. The van der Waals surface area contributed by atoms with E-state index in [1.54, 1.807) is 25.6 Å². The van der Waals surface area contributed by atoms with Crippen molar-refractivity contribution in [2.45, 2.75) is 32.5 Å². The molecule has 0 amide bonds. The summed E-state index contributed by atoms with van der Waals surface area (Å²) in [7, 11) is 3.42. The van der Waals surface area contributed by atoms with Crippen molar-refractivity contribution in [3.63, 3.8) is 0 Å². The van der Waals surface area contributed by atoms with Gasteiger partial charge in [0.15, 0.2) is 10.6 Å². The van der Waals surface area contributed by atoms with Crippen LogP contribution in [0.4, 0.5) is 0 Å². The van der Waals surface area contributed by atoms with Crippen LogP contribution >= 0.6 is 23.6 Å². The molecule has 0 aliphatic carbocycles. The van der Waals surface area contributed by atoms with E-state index in [2.05, 4.69) is 11.2 Å². The predicted molar refractivity (Wildman–Crippen MR) is 93.0 cm³/mol. The predicted octanol–water partition coefficient (Wildman–Crippen LogP) is 2.38. The zero-order valence-electron chi connectivity index (χ0n) is 13.7. The van der Waals surface area contributed by atoms with Gasteiger partial charge in [0, 0.05) is 12.8 Å². The maximum atomic E-state index is 5.57. The van der Waals surface area contributed by atoms with Crippen LogP contribution in [0.25, 0.3) is 0 Å². The molecule has 1 aromatic heterocycles. The van der Waals surface area contributed by atoms with Crippen molar-refractivity contribution in [1.82, 2.24) is 9.78 Å². The molecule has 124 valence electrons. The fourth-order valence-electron chi connectivity index (χ4n) is 3.29. The third kappa shape index (κ3) is 3.41. The lowest BCUT2D eigenvalue weighted by Gasteiger charge is -2.23. The second kappa shape index (κ2) is 6.98. The number of likely N-dealkylation sites (tertiary alicyclic amines) is 1. The average molecular weight is 353 g/mol. The first kappa shape index (κ1) is 16.4. The van der Waals surface area contributed by atoms with E-state index in [1.807, 2.05) is 23.7 Å². The van der Waals surface area contributed by atoms with Gasteiger partial charge in [0.25, 0.3) is 0 Å². The molecule has 0 bridgehead atoms. The summed E-state index contributed by atoms with van der Waals surface area (Å²) >= 11 is 6.98. The van der Waals surface area contributed by atoms with Crippen LogP contribution in [0.3, 0.4) is 0 Å². The molecule has 0 spiro atoms. The van der Waals surface area contributed by atoms with E-state index in [0.29, 0.717) is 6.04 Å². The largest absolute Gasteiger partial charge is 0.497 e. The molecule has 0 radical (unpaired) electrons. The maximum Gasteiger partial charge on any atom is 0.184 e. The highest BCUT2D eigenvalue weighted by Gasteiger charge is 2.33. The summed E-state index contributed by atoms with van der Waals surface area (Å²) in [5.74, 6) is 1.79. The highest BCUT2D eigenvalue weighted by molar-refractivity contribution is 7.73. The van der Waals surface area contributed by atoms with Gasteiger partial charge >= 0.3 is 0 Å². The molecular formula is C16H22N3O2S2+. The van der Waals surface area contributed by atoms with Crippen LogP contribution in [0.5, 0.6) is 11.5 Å². The summed E-state index contributed by atoms with van der Waals surface area (Å²) in [5, 5.41) is 5.55. The standard InChI is InChI=1S/C16H21N3O2S2/c1-11-17-19(16(22)23-11)10-18-8-4-5-14(18)13-9-12(20-2)6-7-15(13)21-3/h6-7,9,14H,4-5,8,10H2,1-3H3/p+1/t14-/m1/s1. The number of hydrogen-bond donors (Lipinski definition) is 1. The monoisotopic (exact) mass is 352 g/mol. The number of hydrogen-bond acceptors (Lipinski definition) is 5. The van der Waals surface area contributed by atoms with Crippen molar-refractivity contribution in [2.75, 3.05) is 20.8 Å². The first-order chi connectivity index (χ1) is 11.1. The number of nitrogens with zero attached hydrogens (tertiary/aromatic N) is 2. The zero-order chi connectivity index (χ0) is 16.4. The van der Waals surface area contributed by atoms with Crippen LogP contribution in [0, 0.1) is 10.9 Å². The molecule has 1 aliphatic rings. The van der Waals surface area contributed by atoms with Crippen LogP contribution in [0.2, 0.25) is 0 Å². The van der Waals surface area contributed by atoms with Gasteiger partial charge in [-0.1, -0.05) is 11.3 Å². The molecule has 1 aliphatic heterocycles. The van der Waals surface area contributed by atoms with Gasteiger partial charge in [0.2, 0.25) is 0 Å². The Kier molecular flexibility index (Phi) is 4.99. The number of methoxy groups -OCH3 is 2. The molecule has 2 aromatic rings. The van der Waals surface area contributed by atoms with Gasteiger partial charge in [0.1, 0.15) is 22.5 Å². The quantitative estimate of drug-likeness (QED) is 0.839. The molecule has 2 heterocycles. The van der Waals surface area contributed by atoms with Gasteiger partial charge in [0.05, 0.1) is 26.3 Å². The molecule has 1 N–H and O–H groups in total. The molecule has 2 atom stereocenters. The SMILES string of the molecule is COc1ccc(OC)c([C@H]2CCC[NH+]2Cn2nc(C)sc2=S)c1. The van der Waals surface area contributed by atoms with Crippen LogP contribution in [0.1, 0.15) is 29.5 Å². The van der Waals surface area contributed by atoms with Crippen LogP contribution in [-0.4, -0.2) is 30.5 Å². The molecule has 0 saturated carbocycles. The molecule has 1 fully saturated rings. The highest BCUT2D eigenvalue weighted by Crippen LogP contribution is 2.31. The Balaban J connectivity index is 1.89. The van der Waals surface area contributed by atoms with E-state index >= 15 is 0 Å². The number of aromatic nitrogens is 2. The lowest BCUT2D eigenvalue weighted by Crippen LogP contribution is -3.09. The van der Waals surface area contributed by atoms with Gasteiger partial charge in [-0.3, -0.25) is 0 Å². The number of quaternary nitrogens is 1. The van der Waals surface area contributed by atoms with Gasteiger partial charge < -0.3 is 14.4 Å². The summed E-state index contributed by atoms with van der Waals surface area (Å²) < 4.78 is 13.8. The molecular weight excluding hydrogens is 330 g/mol. The first-order valence-electron chi connectivity index (χ1n) is 7.73. The topological polar surface area (TPSA) is 40.7 Å². The Morgan fingerprint density at radius 2 is 2.22 bits per heavy atom. The van der Waals surface area contributed by atoms with E-state index in [9.17, 15) is 0 Å². The van der Waals surface area contributed by atoms with Crippen LogP contribution < -0.4 is 14.4 Å². The molecule has 3 rings (SSSR count). The molecule has 7 heteroatoms. The second-order valence-corrected chi connectivity index (χ2v) is 7.58. The Morgan fingerprint density at radius 1 is 1.39 bits per heavy atom. The van der Waals surface area contributed by atoms with Crippen molar-refractivity contribution in [3.05, 3.63) is 32.7 Å². The Hall–Kier alpha value is -1.44. The minimum absolute atomic E-state index is 0.379. The van der Waals surface area contributed by atoms with E-state index in [1.165, 1.54) is 16.9 Å². The minimum atomic E-state index is 0.379. The zero-order valence-corrected chi connectivity index (χ0v) is 15.3.